The fraction of sp³-hybridized carbons (Fsp3) is 0.391. The standard InChI is InChI=1S/C23H24ClN3O4/c1-23(22(29)25-12-17-3-2-9-30-17)14-26-18-8-10-31-20(18)11-19(26)21(28)27(23)13-15-4-6-16(24)7-5-15/h4-8,10-11,17H,2-3,9,12-14H2,1H3,(H,25,29). The molecule has 8 heteroatoms. The Labute approximate surface area is 184 Å². The van der Waals surface area contributed by atoms with Crippen LogP contribution >= 0.6 is 11.6 Å². The largest absolute Gasteiger partial charge is 0.463 e. The van der Waals surface area contributed by atoms with Crippen LogP contribution in [0.15, 0.2) is 47.1 Å². The summed E-state index contributed by atoms with van der Waals surface area (Å²) in [6, 6.07) is 10.9. The number of ether oxygens (including phenoxy) is 1. The van der Waals surface area contributed by atoms with Crippen LogP contribution in [-0.2, 0) is 22.6 Å². The molecule has 0 saturated carbocycles. The molecule has 0 bridgehead atoms. The Morgan fingerprint density at radius 3 is 2.84 bits per heavy atom. The van der Waals surface area contributed by atoms with Crippen LogP contribution < -0.4 is 5.32 Å². The van der Waals surface area contributed by atoms with Crippen LogP contribution in [-0.4, -0.2) is 46.1 Å². The zero-order valence-electron chi connectivity index (χ0n) is 17.3. The highest BCUT2D eigenvalue weighted by Gasteiger charge is 2.48. The van der Waals surface area contributed by atoms with Crippen LogP contribution in [0.2, 0.25) is 5.02 Å². The highest BCUT2D eigenvalue weighted by molar-refractivity contribution is 6.30. The second-order valence-corrected chi connectivity index (χ2v) is 8.86. The molecule has 7 nitrogen and oxygen atoms in total. The third-order valence-corrected chi connectivity index (χ3v) is 6.56. The average molecular weight is 442 g/mol. The van der Waals surface area contributed by atoms with Crippen LogP contribution in [0.4, 0.5) is 0 Å². The van der Waals surface area contributed by atoms with Crippen LogP contribution in [0.25, 0.3) is 11.1 Å². The van der Waals surface area contributed by atoms with Crippen molar-refractivity contribution in [1.82, 2.24) is 14.8 Å². The van der Waals surface area contributed by atoms with Gasteiger partial charge in [0.05, 0.1) is 24.4 Å². The quantitative estimate of drug-likeness (QED) is 0.656. The number of furan rings is 1. The van der Waals surface area contributed by atoms with Gasteiger partial charge in [-0.25, -0.2) is 0 Å². The van der Waals surface area contributed by atoms with Crippen molar-refractivity contribution in [3.63, 3.8) is 0 Å². The number of carbonyl (C=O) groups excluding carboxylic acids is 2. The Bertz CT molecular complexity index is 1130. The van der Waals surface area contributed by atoms with E-state index in [1.165, 1.54) is 0 Å². The van der Waals surface area contributed by atoms with Crippen molar-refractivity contribution in [2.24, 2.45) is 0 Å². The summed E-state index contributed by atoms with van der Waals surface area (Å²) in [6.45, 7) is 3.62. The normalized spacial score (nSPS) is 23.4. The molecule has 0 spiro atoms. The molecule has 2 unspecified atom stereocenters. The minimum Gasteiger partial charge on any atom is -0.463 e. The van der Waals surface area contributed by atoms with Gasteiger partial charge in [0.15, 0.2) is 5.58 Å². The van der Waals surface area contributed by atoms with Gasteiger partial charge in [-0.1, -0.05) is 23.7 Å². The molecule has 3 aromatic rings. The van der Waals surface area contributed by atoms with Crippen molar-refractivity contribution in [2.75, 3.05) is 13.2 Å². The van der Waals surface area contributed by atoms with Crippen molar-refractivity contribution in [2.45, 2.75) is 44.5 Å². The summed E-state index contributed by atoms with van der Waals surface area (Å²) in [5.74, 6) is -0.399. The summed E-state index contributed by atoms with van der Waals surface area (Å²) >= 11 is 6.02. The molecule has 5 rings (SSSR count). The molecule has 2 aliphatic heterocycles. The summed E-state index contributed by atoms with van der Waals surface area (Å²) in [7, 11) is 0. The van der Waals surface area contributed by atoms with Gasteiger partial charge in [-0.05, 0) is 37.5 Å². The van der Waals surface area contributed by atoms with Crippen molar-refractivity contribution in [3.8, 4) is 0 Å². The first-order valence-corrected chi connectivity index (χ1v) is 10.9. The first-order valence-electron chi connectivity index (χ1n) is 10.5. The highest BCUT2D eigenvalue weighted by atomic mass is 35.5. The molecule has 1 aromatic carbocycles. The number of carbonyl (C=O) groups is 2. The van der Waals surface area contributed by atoms with E-state index in [1.807, 2.05) is 29.7 Å². The SMILES string of the molecule is CC1(C(=O)NCC2CCCO2)Cn2c(cc3occc32)C(=O)N1Cc1ccc(Cl)cc1. The molecule has 2 atom stereocenters. The predicted molar refractivity (Wildman–Crippen MR) is 116 cm³/mol. The summed E-state index contributed by atoms with van der Waals surface area (Å²) in [5.41, 5.74) is 1.80. The number of benzene rings is 1. The lowest BCUT2D eigenvalue weighted by atomic mass is 9.93. The second kappa shape index (κ2) is 7.73. The Morgan fingerprint density at radius 1 is 1.29 bits per heavy atom. The first kappa shape index (κ1) is 20.2. The Hall–Kier alpha value is -2.77. The second-order valence-electron chi connectivity index (χ2n) is 8.42. The zero-order chi connectivity index (χ0) is 21.6. The summed E-state index contributed by atoms with van der Waals surface area (Å²) < 4.78 is 13.0. The third-order valence-electron chi connectivity index (χ3n) is 6.31. The zero-order valence-corrected chi connectivity index (χ0v) is 18.0. The van der Waals surface area contributed by atoms with Crippen molar-refractivity contribution >= 4 is 34.5 Å². The highest BCUT2D eigenvalue weighted by Crippen LogP contribution is 2.34. The van der Waals surface area contributed by atoms with Crippen LogP contribution in [0, 0.1) is 0 Å². The van der Waals surface area contributed by atoms with Crippen LogP contribution in [0.5, 0.6) is 0 Å². The minimum atomic E-state index is -1.08. The molecular weight excluding hydrogens is 418 g/mol. The first-order chi connectivity index (χ1) is 15.0. The number of nitrogens with zero attached hydrogens (tertiary/aromatic N) is 2. The predicted octanol–water partition coefficient (Wildman–Crippen LogP) is 3.60. The van der Waals surface area contributed by atoms with Gasteiger partial charge in [-0.3, -0.25) is 9.59 Å². The van der Waals surface area contributed by atoms with E-state index in [0.717, 1.165) is 30.5 Å². The van der Waals surface area contributed by atoms with Gasteiger partial charge >= 0.3 is 0 Å². The Kier molecular flexibility index (Phi) is 5.02. The van der Waals surface area contributed by atoms with E-state index in [1.54, 1.807) is 29.4 Å². The maximum atomic E-state index is 13.6. The summed E-state index contributed by atoms with van der Waals surface area (Å²) in [5, 5.41) is 3.65. The average Bonchev–Trinajstić information content (AvgIpc) is 3.49. The van der Waals surface area contributed by atoms with Gasteiger partial charge in [0.2, 0.25) is 5.91 Å². The lowest BCUT2D eigenvalue weighted by molar-refractivity contribution is -0.133. The molecule has 4 heterocycles. The molecule has 1 fully saturated rings. The molecule has 2 aromatic heterocycles. The molecular formula is C23H24ClN3O4. The van der Waals surface area contributed by atoms with E-state index in [-0.39, 0.29) is 17.9 Å². The fourth-order valence-electron chi connectivity index (χ4n) is 4.50. The van der Waals surface area contributed by atoms with Gasteiger partial charge in [0.1, 0.15) is 11.2 Å². The lowest BCUT2D eigenvalue weighted by Gasteiger charge is -2.44. The molecule has 2 aliphatic rings. The number of rotatable bonds is 5. The van der Waals surface area contributed by atoms with Crippen LogP contribution in [0.1, 0.15) is 35.8 Å². The van der Waals surface area contributed by atoms with Gasteiger partial charge in [0.25, 0.3) is 5.91 Å². The number of amides is 2. The molecule has 1 saturated heterocycles. The van der Waals surface area contributed by atoms with E-state index in [0.29, 0.717) is 35.9 Å². The molecule has 162 valence electrons. The summed E-state index contributed by atoms with van der Waals surface area (Å²) in [4.78, 5) is 28.7. The molecule has 2 amide bonds. The van der Waals surface area contributed by atoms with E-state index >= 15 is 0 Å². The molecule has 31 heavy (non-hydrogen) atoms. The number of aromatic nitrogens is 1. The smallest absolute Gasteiger partial charge is 0.271 e. The van der Waals surface area contributed by atoms with Gasteiger partial charge in [0, 0.05) is 36.9 Å². The van der Waals surface area contributed by atoms with Crippen LogP contribution in [0.3, 0.4) is 0 Å². The van der Waals surface area contributed by atoms with E-state index < -0.39 is 5.54 Å². The fourth-order valence-corrected chi connectivity index (χ4v) is 4.62. The minimum absolute atomic E-state index is 0.0271. The van der Waals surface area contributed by atoms with Gasteiger partial charge in [-0.15, -0.1) is 0 Å². The maximum Gasteiger partial charge on any atom is 0.271 e. The van der Waals surface area contributed by atoms with Gasteiger partial charge in [-0.2, -0.15) is 0 Å². The van der Waals surface area contributed by atoms with Crippen molar-refractivity contribution in [1.29, 1.82) is 0 Å². The molecule has 0 radical (unpaired) electrons. The Balaban J connectivity index is 1.49. The molecule has 1 N–H and O–H groups in total. The Morgan fingerprint density at radius 2 is 2.10 bits per heavy atom. The number of nitrogens with one attached hydrogen (secondary N) is 1. The third kappa shape index (κ3) is 3.51. The molecule has 0 aliphatic carbocycles. The maximum absolute atomic E-state index is 13.6. The monoisotopic (exact) mass is 441 g/mol. The van der Waals surface area contributed by atoms with Gasteiger partial charge < -0.3 is 23.9 Å². The number of halogens is 1. The van der Waals surface area contributed by atoms with E-state index in [9.17, 15) is 9.59 Å². The lowest BCUT2D eigenvalue weighted by Crippen LogP contribution is -2.64. The van der Waals surface area contributed by atoms with Crippen molar-refractivity contribution < 1.29 is 18.7 Å². The number of hydrogen-bond donors (Lipinski definition) is 1. The number of hydrogen-bond acceptors (Lipinski definition) is 4. The van der Waals surface area contributed by atoms with E-state index in [2.05, 4.69) is 5.32 Å². The van der Waals surface area contributed by atoms with Crippen molar-refractivity contribution in [3.05, 3.63) is 58.9 Å². The summed E-state index contributed by atoms with van der Waals surface area (Å²) in [6.07, 6.45) is 3.56. The van der Waals surface area contributed by atoms with E-state index in [4.69, 9.17) is 20.8 Å². The topological polar surface area (TPSA) is 76.7 Å². The number of fused-ring (bicyclic) bond motifs is 3.